The normalized spacial score (nSPS) is 26.1. The first-order valence-corrected chi connectivity index (χ1v) is 14.0. The standard InChI is InChI=1S/C27H55NO6/c1-4-5-6-7-8-9-10-11-12-13-14-15-16-17-18-32-20-23(31-3)21-33-27-22(2)25(29)26(30)24(19-28)34-27/h22-27,29-30H,4-21,28H2,1-3H3/t22?,23-,24?,25-,26-,27-/m1/s1. The van der Waals surface area contributed by atoms with Gasteiger partial charge in [-0.3, -0.25) is 0 Å². The second kappa shape index (κ2) is 20.9. The van der Waals surface area contributed by atoms with Crippen LogP contribution < -0.4 is 5.73 Å². The highest BCUT2D eigenvalue weighted by atomic mass is 16.7. The average molecular weight is 490 g/mol. The Kier molecular flexibility index (Phi) is 19.5. The number of unbranched alkanes of at least 4 members (excludes halogenated alkanes) is 13. The molecule has 0 aromatic rings. The van der Waals surface area contributed by atoms with Crippen molar-refractivity contribution in [2.75, 3.05) is 33.5 Å². The number of hydrogen-bond donors (Lipinski definition) is 3. The summed E-state index contributed by atoms with van der Waals surface area (Å²) < 4.78 is 22.8. The maximum absolute atomic E-state index is 10.2. The predicted octanol–water partition coefficient (Wildman–Crippen LogP) is 4.56. The molecule has 1 saturated heterocycles. The number of nitrogens with two attached hydrogens (primary N) is 1. The highest BCUT2D eigenvalue weighted by Crippen LogP contribution is 2.26. The van der Waals surface area contributed by atoms with Gasteiger partial charge in [-0.25, -0.2) is 0 Å². The summed E-state index contributed by atoms with van der Waals surface area (Å²) in [6.45, 7) is 5.68. The Labute approximate surface area is 209 Å². The first kappa shape index (κ1) is 31.7. The lowest BCUT2D eigenvalue weighted by atomic mass is 9.92. The molecule has 1 heterocycles. The van der Waals surface area contributed by atoms with Gasteiger partial charge in [0.1, 0.15) is 18.3 Å². The minimum atomic E-state index is -0.994. The monoisotopic (exact) mass is 489 g/mol. The summed E-state index contributed by atoms with van der Waals surface area (Å²) in [5.74, 6) is -0.355. The van der Waals surface area contributed by atoms with Crippen molar-refractivity contribution < 1.29 is 29.2 Å². The van der Waals surface area contributed by atoms with Crippen molar-refractivity contribution in [2.24, 2.45) is 11.7 Å². The zero-order valence-electron chi connectivity index (χ0n) is 22.3. The van der Waals surface area contributed by atoms with E-state index in [1.165, 1.54) is 83.5 Å². The zero-order valence-corrected chi connectivity index (χ0v) is 22.3. The number of methoxy groups -OCH3 is 1. The van der Waals surface area contributed by atoms with Crippen molar-refractivity contribution in [1.29, 1.82) is 0 Å². The van der Waals surface area contributed by atoms with Crippen LogP contribution in [0.2, 0.25) is 0 Å². The van der Waals surface area contributed by atoms with Crippen molar-refractivity contribution in [2.45, 2.75) is 134 Å². The lowest BCUT2D eigenvalue weighted by Gasteiger charge is -2.41. The summed E-state index contributed by atoms with van der Waals surface area (Å²) in [6.07, 6.45) is 15.5. The Morgan fingerprint density at radius 1 is 0.794 bits per heavy atom. The van der Waals surface area contributed by atoms with Crippen LogP contribution in [0.5, 0.6) is 0 Å². The fourth-order valence-corrected chi connectivity index (χ4v) is 4.45. The molecule has 7 heteroatoms. The second-order valence-corrected chi connectivity index (χ2v) is 9.98. The van der Waals surface area contributed by atoms with Crippen LogP contribution in [0.4, 0.5) is 0 Å². The van der Waals surface area contributed by atoms with E-state index in [-0.39, 0.29) is 18.6 Å². The van der Waals surface area contributed by atoms with E-state index in [1.807, 2.05) is 0 Å². The molecule has 4 N–H and O–H groups in total. The van der Waals surface area contributed by atoms with Crippen LogP contribution in [-0.4, -0.2) is 74.4 Å². The van der Waals surface area contributed by atoms with Gasteiger partial charge in [-0.05, 0) is 6.42 Å². The lowest BCUT2D eigenvalue weighted by Crippen LogP contribution is -2.56. The number of hydrogen-bond acceptors (Lipinski definition) is 7. The van der Waals surface area contributed by atoms with Gasteiger partial charge in [-0.15, -0.1) is 0 Å². The number of rotatable bonds is 22. The Morgan fingerprint density at radius 3 is 1.82 bits per heavy atom. The van der Waals surface area contributed by atoms with Gasteiger partial charge in [0.15, 0.2) is 6.29 Å². The van der Waals surface area contributed by atoms with Crippen molar-refractivity contribution in [3.8, 4) is 0 Å². The van der Waals surface area contributed by atoms with Crippen LogP contribution in [0, 0.1) is 5.92 Å². The molecule has 0 bridgehead atoms. The van der Waals surface area contributed by atoms with Gasteiger partial charge in [0.25, 0.3) is 0 Å². The molecule has 2 unspecified atom stereocenters. The molecule has 204 valence electrons. The maximum Gasteiger partial charge on any atom is 0.163 e. The van der Waals surface area contributed by atoms with Crippen LogP contribution in [0.25, 0.3) is 0 Å². The van der Waals surface area contributed by atoms with E-state index in [0.29, 0.717) is 13.2 Å². The summed E-state index contributed by atoms with van der Waals surface area (Å²) in [5.41, 5.74) is 5.62. The van der Waals surface area contributed by atoms with Crippen LogP contribution in [0.1, 0.15) is 104 Å². The van der Waals surface area contributed by atoms with Gasteiger partial charge in [0, 0.05) is 26.2 Å². The van der Waals surface area contributed by atoms with Gasteiger partial charge in [-0.1, -0.05) is 97.3 Å². The van der Waals surface area contributed by atoms with E-state index >= 15 is 0 Å². The minimum Gasteiger partial charge on any atom is -0.390 e. The lowest BCUT2D eigenvalue weighted by molar-refractivity contribution is -0.280. The van der Waals surface area contributed by atoms with Crippen molar-refractivity contribution in [1.82, 2.24) is 0 Å². The molecule has 0 spiro atoms. The molecular formula is C27H55NO6. The van der Waals surface area contributed by atoms with Gasteiger partial charge < -0.3 is 34.9 Å². The van der Waals surface area contributed by atoms with Crippen molar-refractivity contribution >= 4 is 0 Å². The first-order chi connectivity index (χ1) is 16.5. The van der Waals surface area contributed by atoms with Crippen LogP contribution >= 0.6 is 0 Å². The molecule has 0 aromatic carbocycles. The topological polar surface area (TPSA) is 103 Å². The van der Waals surface area contributed by atoms with Crippen LogP contribution in [0.3, 0.4) is 0 Å². The van der Waals surface area contributed by atoms with Gasteiger partial charge in [-0.2, -0.15) is 0 Å². The molecule has 6 atom stereocenters. The molecule has 7 nitrogen and oxygen atoms in total. The fraction of sp³-hybridized carbons (Fsp3) is 1.00. The Morgan fingerprint density at radius 2 is 1.32 bits per heavy atom. The van der Waals surface area contributed by atoms with E-state index in [9.17, 15) is 10.2 Å². The summed E-state index contributed by atoms with van der Waals surface area (Å²) in [7, 11) is 1.64. The molecule has 1 rings (SSSR count). The summed E-state index contributed by atoms with van der Waals surface area (Å²) >= 11 is 0. The molecule has 34 heavy (non-hydrogen) atoms. The third-order valence-electron chi connectivity index (χ3n) is 6.97. The predicted molar refractivity (Wildman–Crippen MR) is 137 cm³/mol. The Bertz CT molecular complexity index is 453. The molecule has 0 aromatic heterocycles. The molecule has 1 aliphatic heterocycles. The summed E-state index contributed by atoms with van der Waals surface area (Å²) in [4.78, 5) is 0. The van der Waals surface area contributed by atoms with E-state index in [4.69, 9.17) is 24.7 Å². The quantitative estimate of drug-likeness (QED) is 0.192. The Balaban J connectivity index is 1.97. The molecular weight excluding hydrogens is 434 g/mol. The number of ether oxygens (including phenoxy) is 4. The van der Waals surface area contributed by atoms with E-state index in [0.717, 1.165) is 13.0 Å². The number of aliphatic hydroxyl groups excluding tert-OH is 2. The minimum absolute atomic E-state index is 0.126. The zero-order chi connectivity index (χ0) is 25.0. The summed E-state index contributed by atoms with van der Waals surface area (Å²) in [6, 6.07) is 0. The maximum atomic E-state index is 10.2. The van der Waals surface area contributed by atoms with Crippen molar-refractivity contribution in [3.63, 3.8) is 0 Å². The van der Waals surface area contributed by atoms with Crippen molar-refractivity contribution in [3.05, 3.63) is 0 Å². The van der Waals surface area contributed by atoms with Gasteiger partial charge in [0.05, 0.1) is 19.3 Å². The SMILES string of the molecule is CCCCCCCCCCCCCCCCOC[C@H](CO[C@@H]1OC(CN)[C@@H](O)[C@H](O)C1C)OC. The number of aliphatic hydroxyl groups is 2. The first-order valence-electron chi connectivity index (χ1n) is 14.0. The molecule has 1 aliphatic rings. The van der Waals surface area contributed by atoms with Gasteiger partial charge >= 0.3 is 0 Å². The van der Waals surface area contributed by atoms with E-state index < -0.39 is 24.6 Å². The third kappa shape index (κ3) is 13.7. The summed E-state index contributed by atoms with van der Waals surface area (Å²) in [5, 5.41) is 20.2. The fourth-order valence-electron chi connectivity index (χ4n) is 4.45. The smallest absolute Gasteiger partial charge is 0.163 e. The molecule has 0 aliphatic carbocycles. The second-order valence-electron chi connectivity index (χ2n) is 9.98. The highest BCUT2D eigenvalue weighted by molar-refractivity contribution is 4.87. The molecule has 0 amide bonds. The Hall–Kier alpha value is -0.280. The molecule has 1 fully saturated rings. The molecule has 0 radical (unpaired) electrons. The highest BCUT2D eigenvalue weighted by Gasteiger charge is 2.42. The van der Waals surface area contributed by atoms with Crippen LogP contribution in [0.15, 0.2) is 0 Å². The largest absolute Gasteiger partial charge is 0.390 e. The molecule has 0 saturated carbocycles. The van der Waals surface area contributed by atoms with Crippen LogP contribution in [-0.2, 0) is 18.9 Å². The average Bonchev–Trinajstić information content (AvgIpc) is 2.85. The van der Waals surface area contributed by atoms with Gasteiger partial charge in [0.2, 0.25) is 0 Å². The van der Waals surface area contributed by atoms with E-state index in [1.54, 1.807) is 14.0 Å². The third-order valence-corrected chi connectivity index (χ3v) is 6.97. The van der Waals surface area contributed by atoms with E-state index in [2.05, 4.69) is 6.92 Å².